The highest BCUT2D eigenvalue weighted by molar-refractivity contribution is 5.87. The molecule has 0 saturated carbocycles. The summed E-state index contributed by atoms with van der Waals surface area (Å²) >= 11 is 0. The standard InChI is InChI=1S/C18H23N3O2/c1-13-8-9-19-16(10-13)11-14(2)21(3)12-15-6-5-7-17(20-15)18(22)23-4/h5-10,14H,11-12H2,1-4H3/t14-/m1/s1. The van der Waals surface area contributed by atoms with Crippen molar-refractivity contribution in [3.05, 3.63) is 59.2 Å². The highest BCUT2D eigenvalue weighted by Crippen LogP contribution is 2.10. The van der Waals surface area contributed by atoms with Crippen molar-refractivity contribution in [1.82, 2.24) is 14.9 Å². The van der Waals surface area contributed by atoms with Crippen molar-refractivity contribution in [2.45, 2.75) is 32.9 Å². The van der Waals surface area contributed by atoms with Crippen LogP contribution in [-0.2, 0) is 17.7 Å². The van der Waals surface area contributed by atoms with E-state index in [1.807, 2.05) is 31.4 Å². The molecule has 0 amide bonds. The number of esters is 1. The number of nitrogens with zero attached hydrogens (tertiary/aromatic N) is 3. The van der Waals surface area contributed by atoms with Crippen LogP contribution in [0.3, 0.4) is 0 Å². The van der Waals surface area contributed by atoms with E-state index in [4.69, 9.17) is 4.74 Å². The maximum absolute atomic E-state index is 11.6. The van der Waals surface area contributed by atoms with Crippen LogP contribution in [0.15, 0.2) is 36.5 Å². The summed E-state index contributed by atoms with van der Waals surface area (Å²) in [5, 5.41) is 0. The van der Waals surface area contributed by atoms with Gasteiger partial charge in [-0.1, -0.05) is 6.07 Å². The fraction of sp³-hybridized carbons (Fsp3) is 0.389. The van der Waals surface area contributed by atoms with Crippen LogP contribution in [0.4, 0.5) is 0 Å². The second-order valence-corrected chi connectivity index (χ2v) is 5.80. The van der Waals surface area contributed by atoms with E-state index in [0.717, 1.165) is 17.8 Å². The molecule has 0 fully saturated rings. The normalized spacial score (nSPS) is 12.2. The summed E-state index contributed by atoms with van der Waals surface area (Å²) in [4.78, 5) is 22.5. The number of hydrogen-bond acceptors (Lipinski definition) is 5. The fourth-order valence-corrected chi connectivity index (χ4v) is 2.37. The number of rotatable bonds is 6. The molecule has 0 aromatic carbocycles. The van der Waals surface area contributed by atoms with Crippen LogP contribution in [0.25, 0.3) is 0 Å². The van der Waals surface area contributed by atoms with E-state index in [9.17, 15) is 4.79 Å². The molecule has 5 heteroatoms. The molecule has 23 heavy (non-hydrogen) atoms. The van der Waals surface area contributed by atoms with Crippen molar-refractivity contribution >= 4 is 5.97 Å². The molecule has 0 aliphatic heterocycles. The third kappa shape index (κ3) is 4.86. The van der Waals surface area contributed by atoms with Crippen molar-refractivity contribution in [2.24, 2.45) is 0 Å². The van der Waals surface area contributed by atoms with Crippen molar-refractivity contribution in [2.75, 3.05) is 14.2 Å². The molecule has 0 radical (unpaired) electrons. The largest absolute Gasteiger partial charge is 0.464 e. The maximum atomic E-state index is 11.6. The molecule has 2 heterocycles. The highest BCUT2D eigenvalue weighted by Gasteiger charge is 2.13. The predicted octanol–water partition coefficient (Wildman–Crippen LogP) is 2.63. The van der Waals surface area contributed by atoms with Crippen LogP contribution in [0.2, 0.25) is 0 Å². The van der Waals surface area contributed by atoms with E-state index >= 15 is 0 Å². The summed E-state index contributed by atoms with van der Waals surface area (Å²) < 4.78 is 4.71. The molecule has 2 aromatic rings. The number of aromatic nitrogens is 2. The lowest BCUT2D eigenvalue weighted by Crippen LogP contribution is -2.31. The third-order valence-electron chi connectivity index (χ3n) is 3.84. The minimum Gasteiger partial charge on any atom is -0.464 e. The number of hydrogen-bond donors (Lipinski definition) is 0. The molecule has 5 nitrogen and oxygen atoms in total. The molecule has 0 N–H and O–H groups in total. The number of carbonyl (C=O) groups is 1. The molecule has 0 bridgehead atoms. The Labute approximate surface area is 137 Å². The summed E-state index contributed by atoms with van der Waals surface area (Å²) in [5.41, 5.74) is 3.49. The summed E-state index contributed by atoms with van der Waals surface area (Å²) in [5.74, 6) is -0.411. The van der Waals surface area contributed by atoms with Gasteiger partial charge in [-0.25, -0.2) is 9.78 Å². The monoisotopic (exact) mass is 313 g/mol. The van der Waals surface area contributed by atoms with Gasteiger partial charge in [-0.05, 0) is 50.7 Å². The van der Waals surface area contributed by atoms with Crippen LogP contribution >= 0.6 is 0 Å². The highest BCUT2D eigenvalue weighted by atomic mass is 16.5. The van der Waals surface area contributed by atoms with Gasteiger partial charge < -0.3 is 4.74 Å². The van der Waals surface area contributed by atoms with Crippen molar-refractivity contribution in [3.8, 4) is 0 Å². The van der Waals surface area contributed by atoms with E-state index in [0.29, 0.717) is 18.3 Å². The first-order valence-electron chi connectivity index (χ1n) is 7.65. The molecular weight excluding hydrogens is 290 g/mol. The summed E-state index contributed by atoms with van der Waals surface area (Å²) in [7, 11) is 3.41. The first kappa shape index (κ1) is 17.1. The van der Waals surface area contributed by atoms with Crippen molar-refractivity contribution in [1.29, 1.82) is 0 Å². The number of carbonyl (C=O) groups excluding carboxylic acids is 1. The first-order valence-corrected chi connectivity index (χ1v) is 7.65. The Kier molecular flexibility index (Phi) is 5.82. The minimum atomic E-state index is -0.411. The zero-order chi connectivity index (χ0) is 16.8. The lowest BCUT2D eigenvalue weighted by molar-refractivity contribution is 0.0593. The van der Waals surface area contributed by atoms with Gasteiger partial charge in [0.15, 0.2) is 0 Å². The Balaban J connectivity index is 2.00. The van der Waals surface area contributed by atoms with E-state index in [2.05, 4.69) is 34.8 Å². The zero-order valence-corrected chi connectivity index (χ0v) is 14.1. The molecule has 0 spiro atoms. The van der Waals surface area contributed by atoms with Gasteiger partial charge >= 0.3 is 5.97 Å². The van der Waals surface area contributed by atoms with Gasteiger partial charge in [0, 0.05) is 30.9 Å². The van der Waals surface area contributed by atoms with E-state index in [1.54, 1.807) is 6.07 Å². The SMILES string of the molecule is COC(=O)c1cccc(CN(C)[C@H](C)Cc2cc(C)ccn2)n1. The summed E-state index contributed by atoms with van der Waals surface area (Å²) in [6, 6.07) is 9.83. The van der Waals surface area contributed by atoms with Crippen LogP contribution < -0.4 is 0 Å². The summed E-state index contributed by atoms with van der Waals surface area (Å²) in [6.07, 6.45) is 2.72. The van der Waals surface area contributed by atoms with E-state index in [1.165, 1.54) is 12.7 Å². The second kappa shape index (κ2) is 7.83. The van der Waals surface area contributed by atoms with Crippen LogP contribution in [0.5, 0.6) is 0 Å². The molecule has 122 valence electrons. The second-order valence-electron chi connectivity index (χ2n) is 5.80. The number of methoxy groups -OCH3 is 1. The Bertz CT molecular complexity index is 673. The fourth-order valence-electron chi connectivity index (χ4n) is 2.37. The van der Waals surface area contributed by atoms with E-state index < -0.39 is 5.97 Å². The van der Waals surface area contributed by atoms with Crippen LogP contribution in [0, 0.1) is 6.92 Å². The predicted molar refractivity (Wildman–Crippen MR) is 89.2 cm³/mol. The maximum Gasteiger partial charge on any atom is 0.356 e. The van der Waals surface area contributed by atoms with Gasteiger partial charge in [0.05, 0.1) is 12.8 Å². The number of pyridine rings is 2. The van der Waals surface area contributed by atoms with Gasteiger partial charge in [-0.15, -0.1) is 0 Å². The molecule has 0 unspecified atom stereocenters. The number of aryl methyl sites for hydroxylation is 1. The molecule has 1 atom stereocenters. The minimum absolute atomic E-state index is 0.313. The Hall–Kier alpha value is -2.27. The molecule has 0 saturated heterocycles. The topological polar surface area (TPSA) is 55.3 Å². The molecule has 2 aromatic heterocycles. The smallest absolute Gasteiger partial charge is 0.356 e. The zero-order valence-electron chi connectivity index (χ0n) is 14.1. The summed E-state index contributed by atoms with van der Waals surface area (Å²) in [6.45, 7) is 4.90. The van der Waals surface area contributed by atoms with E-state index in [-0.39, 0.29) is 0 Å². The Morgan fingerprint density at radius 2 is 2.09 bits per heavy atom. The number of likely N-dealkylation sites (N-methyl/N-ethyl adjacent to an activating group) is 1. The lowest BCUT2D eigenvalue weighted by Gasteiger charge is -2.24. The average molecular weight is 313 g/mol. The van der Waals surface area contributed by atoms with Gasteiger partial charge in [0.1, 0.15) is 5.69 Å². The van der Waals surface area contributed by atoms with Gasteiger partial charge in [-0.2, -0.15) is 0 Å². The van der Waals surface area contributed by atoms with Gasteiger partial charge in [0.2, 0.25) is 0 Å². The first-order chi connectivity index (χ1) is 11.0. The van der Waals surface area contributed by atoms with Crippen LogP contribution in [0.1, 0.15) is 34.4 Å². The molecule has 0 aliphatic carbocycles. The third-order valence-corrected chi connectivity index (χ3v) is 3.84. The molecule has 2 rings (SSSR count). The number of ether oxygens (including phenoxy) is 1. The average Bonchev–Trinajstić information content (AvgIpc) is 2.54. The van der Waals surface area contributed by atoms with Crippen LogP contribution in [-0.4, -0.2) is 41.0 Å². The Morgan fingerprint density at radius 3 is 2.78 bits per heavy atom. The van der Waals surface area contributed by atoms with Gasteiger partial charge in [-0.3, -0.25) is 9.88 Å². The Morgan fingerprint density at radius 1 is 1.30 bits per heavy atom. The van der Waals surface area contributed by atoms with Crippen molar-refractivity contribution < 1.29 is 9.53 Å². The lowest BCUT2D eigenvalue weighted by atomic mass is 10.1. The molecule has 0 aliphatic rings. The van der Waals surface area contributed by atoms with Crippen molar-refractivity contribution in [3.63, 3.8) is 0 Å². The quantitative estimate of drug-likeness (QED) is 0.767. The molecular formula is C18H23N3O2. The van der Waals surface area contributed by atoms with Gasteiger partial charge in [0.25, 0.3) is 0 Å².